The summed E-state index contributed by atoms with van der Waals surface area (Å²) >= 11 is 0. The number of nitrogens with zero attached hydrogens (tertiary/aromatic N) is 2. The summed E-state index contributed by atoms with van der Waals surface area (Å²) in [5.74, 6) is 0. The van der Waals surface area contributed by atoms with Crippen molar-refractivity contribution in [1.29, 1.82) is 5.26 Å². The van der Waals surface area contributed by atoms with E-state index in [1.54, 1.807) is 5.10 Å². The molecule has 0 saturated carbocycles. The van der Waals surface area contributed by atoms with Gasteiger partial charge in [0.25, 0.3) is 5.56 Å². The molecular weight excluding hydrogens is 187 g/mol. The van der Waals surface area contributed by atoms with Crippen LogP contribution in [0.25, 0.3) is 0 Å². The average Bonchev–Trinajstić information content (AvgIpc) is 2.02. The van der Waals surface area contributed by atoms with Gasteiger partial charge >= 0.3 is 6.18 Å². The van der Waals surface area contributed by atoms with E-state index in [-0.39, 0.29) is 0 Å². The molecule has 0 bridgehead atoms. The first-order valence-corrected chi connectivity index (χ1v) is 3.02. The number of nitrogens with one attached hydrogen (secondary N) is 1. The summed E-state index contributed by atoms with van der Waals surface area (Å²) in [6.07, 6.45) is -4.33. The molecule has 0 aliphatic rings. The normalized spacial score (nSPS) is 10.9. The van der Waals surface area contributed by atoms with Crippen molar-refractivity contribution in [1.82, 2.24) is 10.2 Å². The number of aromatic nitrogens is 2. The molecule has 1 heterocycles. The second kappa shape index (κ2) is 2.90. The zero-order chi connectivity index (χ0) is 10.1. The molecule has 0 aliphatic carbocycles. The Labute approximate surface area is 69.6 Å². The Hall–Kier alpha value is -1.84. The first-order valence-electron chi connectivity index (χ1n) is 3.02. The van der Waals surface area contributed by atoms with Crippen molar-refractivity contribution in [2.75, 3.05) is 0 Å². The van der Waals surface area contributed by atoms with E-state index in [0.717, 1.165) is 0 Å². The molecule has 0 aliphatic heterocycles. The minimum Gasteiger partial charge on any atom is -0.267 e. The Morgan fingerprint density at radius 1 is 1.54 bits per heavy atom. The lowest BCUT2D eigenvalue weighted by Gasteiger charge is -2.05. The molecule has 13 heavy (non-hydrogen) atoms. The van der Waals surface area contributed by atoms with Gasteiger partial charge in [0, 0.05) is 0 Å². The smallest absolute Gasteiger partial charge is 0.267 e. The molecule has 0 radical (unpaired) electrons. The van der Waals surface area contributed by atoms with Crippen LogP contribution in [-0.2, 0) is 6.18 Å². The number of aromatic amines is 1. The van der Waals surface area contributed by atoms with E-state index in [0.29, 0.717) is 6.20 Å². The first-order chi connectivity index (χ1) is 5.96. The van der Waals surface area contributed by atoms with Gasteiger partial charge in [-0.1, -0.05) is 0 Å². The minimum atomic E-state index is -4.73. The number of hydrogen-bond acceptors (Lipinski definition) is 3. The molecule has 68 valence electrons. The Balaban J connectivity index is 3.49. The van der Waals surface area contributed by atoms with Crippen LogP contribution in [0.4, 0.5) is 13.2 Å². The van der Waals surface area contributed by atoms with Gasteiger partial charge in [0.1, 0.15) is 11.6 Å². The Bertz CT molecular complexity index is 414. The van der Waals surface area contributed by atoms with Crippen LogP contribution in [0.2, 0.25) is 0 Å². The van der Waals surface area contributed by atoms with Gasteiger partial charge in [-0.05, 0) is 0 Å². The summed E-state index contributed by atoms with van der Waals surface area (Å²) in [4.78, 5) is 10.7. The lowest BCUT2D eigenvalue weighted by Crippen LogP contribution is -2.19. The molecule has 0 aromatic carbocycles. The topological polar surface area (TPSA) is 69.5 Å². The largest absolute Gasteiger partial charge is 0.419 e. The lowest BCUT2D eigenvalue weighted by atomic mass is 10.2. The zero-order valence-electron chi connectivity index (χ0n) is 6.01. The lowest BCUT2D eigenvalue weighted by molar-refractivity contribution is -0.138. The van der Waals surface area contributed by atoms with Gasteiger partial charge < -0.3 is 0 Å². The van der Waals surface area contributed by atoms with E-state index in [1.165, 1.54) is 6.07 Å². The van der Waals surface area contributed by atoms with Crippen LogP contribution >= 0.6 is 0 Å². The molecular formula is C6H2F3N3O. The highest BCUT2D eigenvalue weighted by Gasteiger charge is 2.35. The second-order valence-corrected chi connectivity index (χ2v) is 2.10. The van der Waals surface area contributed by atoms with Gasteiger partial charge in [-0.3, -0.25) is 4.79 Å². The van der Waals surface area contributed by atoms with E-state index >= 15 is 0 Å². The van der Waals surface area contributed by atoms with Crippen LogP contribution in [0.1, 0.15) is 11.1 Å². The molecule has 0 atom stereocenters. The standard InChI is InChI=1S/C6H2F3N3O/c7-6(8,9)4-2-11-12-5(13)3(4)1-10/h2H,(H,12,13). The predicted molar refractivity (Wildman–Crippen MR) is 34.6 cm³/mol. The predicted octanol–water partition coefficient (Wildman–Crippen LogP) is 0.660. The van der Waals surface area contributed by atoms with Crippen LogP contribution in [0.3, 0.4) is 0 Å². The molecule has 0 unspecified atom stereocenters. The average molecular weight is 189 g/mol. The van der Waals surface area contributed by atoms with Gasteiger partial charge in [0.05, 0.1) is 11.8 Å². The third-order valence-electron chi connectivity index (χ3n) is 1.27. The van der Waals surface area contributed by atoms with Crippen LogP contribution in [0.5, 0.6) is 0 Å². The molecule has 0 amide bonds. The fourth-order valence-corrected chi connectivity index (χ4v) is 0.724. The van der Waals surface area contributed by atoms with Crippen LogP contribution in [0.15, 0.2) is 11.0 Å². The minimum absolute atomic E-state index is 0.403. The number of halogens is 3. The van der Waals surface area contributed by atoms with Gasteiger partial charge in [0.2, 0.25) is 0 Å². The van der Waals surface area contributed by atoms with Crippen molar-refractivity contribution in [2.45, 2.75) is 6.18 Å². The summed E-state index contributed by atoms with van der Waals surface area (Å²) in [5.41, 5.74) is -3.43. The molecule has 4 nitrogen and oxygen atoms in total. The van der Waals surface area contributed by atoms with Crippen molar-refractivity contribution in [2.24, 2.45) is 0 Å². The maximum absolute atomic E-state index is 12.1. The highest BCUT2D eigenvalue weighted by atomic mass is 19.4. The third-order valence-corrected chi connectivity index (χ3v) is 1.27. The van der Waals surface area contributed by atoms with Gasteiger partial charge in [0.15, 0.2) is 0 Å². The number of rotatable bonds is 0. The summed E-state index contributed by atoms with van der Waals surface area (Å²) in [6, 6.07) is 1.17. The van der Waals surface area contributed by atoms with Gasteiger partial charge in [-0.15, -0.1) is 0 Å². The van der Waals surface area contributed by atoms with E-state index in [9.17, 15) is 18.0 Å². The highest BCUT2D eigenvalue weighted by molar-refractivity contribution is 5.34. The van der Waals surface area contributed by atoms with Crippen molar-refractivity contribution in [3.8, 4) is 6.07 Å². The fraction of sp³-hybridized carbons (Fsp3) is 0.167. The molecule has 7 heteroatoms. The molecule has 1 aromatic heterocycles. The Morgan fingerprint density at radius 2 is 2.15 bits per heavy atom. The quantitative estimate of drug-likeness (QED) is 0.651. The van der Waals surface area contributed by atoms with E-state index in [1.807, 2.05) is 0 Å². The zero-order valence-corrected chi connectivity index (χ0v) is 6.01. The molecule has 0 saturated heterocycles. The highest BCUT2D eigenvalue weighted by Crippen LogP contribution is 2.29. The summed E-state index contributed by atoms with van der Waals surface area (Å²) in [6.45, 7) is 0. The van der Waals surface area contributed by atoms with E-state index < -0.39 is 22.9 Å². The van der Waals surface area contributed by atoms with Gasteiger partial charge in [-0.25, -0.2) is 5.10 Å². The molecule has 1 N–H and O–H groups in total. The monoisotopic (exact) mass is 189 g/mol. The Kier molecular flexibility index (Phi) is 2.06. The molecule has 1 aromatic rings. The molecule has 0 spiro atoms. The maximum atomic E-state index is 12.1. The molecule has 0 fully saturated rings. The summed E-state index contributed by atoms with van der Waals surface area (Å²) in [7, 11) is 0. The number of nitriles is 1. The van der Waals surface area contributed by atoms with Crippen molar-refractivity contribution >= 4 is 0 Å². The Morgan fingerprint density at radius 3 is 2.54 bits per heavy atom. The van der Waals surface area contributed by atoms with Crippen LogP contribution in [0, 0.1) is 11.3 Å². The maximum Gasteiger partial charge on any atom is 0.419 e. The number of alkyl halides is 3. The number of hydrogen-bond donors (Lipinski definition) is 1. The number of H-pyrrole nitrogens is 1. The second-order valence-electron chi connectivity index (χ2n) is 2.10. The SMILES string of the molecule is N#Cc1c(C(F)(F)F)cn[nH]c1=O. The van der Waals surface area contributed by atoms with Crippen LogP contribution in [-0.4, -0.2) is 10.2 Å². The fourth-order valence-electron chi connectivity index (χ4n) is 0.724. The first kappa shape index (κ1) is 9.25. The summed E-state index contributed by atoms with van der Waals surface area (Å²) < 4.78 is 36.2. The third kappa shape index (κ3) is 1.66. The van der Waals surface area contributed by atoms with E-state index in [4.69, 9.17) is 5.26 Å². The van der Waals surface area contributed by atoms with Gasteiger partial charge in [-0.2, -0.15) is 23.5 Å². The van der Waals surface area contributed by atoms with Crippen LogP contribution < -0.4 is 5.56 Å². The molecule has 1 rings (SSSR count). The van der Waals surface area contributed by atoms with Crippen molar-refractivity contribution < 1.29 is 13.2 Å². The summed E-state index contributed by atoms with van der Waals surface area (Å²) in [5, 5.41) is 13.0. The van der Waals surface area contributed by atoms with Crippen molar-refractivity contribution in [3.05, 3.63) is 27.7 Å². The van der Waals surface area contributed by atoms with Crippen molar-refractivity contribution in [3.63, 3.8) is 0 Å². The van der Waals surface area contributed by atoms with E-state index in [2.05, 4.69) is 5.10 Å².